The number of benzene rings is 1. The van der Waals surface area contributed by atoms with Crippen molar-refractivity contribution in [2.45, 2.75) is 20.0 Å². The van der Waals surface area contributed by atoms with Crippen LogP contribution in [-0.2, 0) is 20.1 Å². The average molecular weight is 444 g/mol. The van der Waals surface area contributed by atoms with E-state index in [9.17, 15) is 0 Å². The Balaban J connectivity index is 0.00000208. The van der Waals surface area contributed by atoms with Gasteiger partial charge in [-0.3, -0.25) is 4.68 Å². The highest BCUT2D eigenvalue weighted by molar-refractivity contribution is 14.0. The molecule has 0 amide bonds. The summed E-state index contributed by atoms with van der Waals surface area (Å²) in [5.74, 6) is 3.13. The molecule has 1 aliphatic heterocycles. The molecule has 0 atom stereocenters. The summed E-state index contributed by atoms with van der Waals surface area (Å²) < 4.78 is 12.4. The number of hydrogen-bond donors (Lipinski definition) is 2. The Kier molecular flexibility index (Phi) is 6.64. The van der Waals surface area contributed by atoms with E-state index in [0.717, 1.165) is 35.4 Å². The van der Waals surface area contributed by atoms with Gasteiger partial charge < -0.3 is 20.1 Å². The fourth-order valence-corrected chi connectivity index (χ4v) is 2.19. The number of halogens is 1. The van der Waals surface area contributed by atoms with Gasteiger partial charge in [0, 0.05) is 13.6 Å². The number of ether oxygens (including phenoxy) is 2. The van der Waals surface area contributed by atoms with Gasteiger partial charge in [0.05, 0.1) is 13.1 Å². The Morgan fingerprint density at radius 1 is 1.29 bits per heavy atom. The Morgan fingerprint density at radius 3 is 2.88 bits per heavy atom. The number of aromatic nitrogens is 3. The summed E-state index contributed by atoms with van der Waals surface area (Å²) in [7, 11) is 1.86. The minimum absolute atomic E-state index is 0. The first kappa shape index (κ1) is 18.3. The number of rotatable bonds is 5. The van der Waals surface area contributed by atoms with E-state index >= 15 is 0 Å². The Bertz CT molecular complexity index is 703. The van der Waals surface area contributed by atoms with Crippen molar-refractivity contribution in [3.8, 4) is 11.5 Å². The van der Waals surface area contributed by atoms with Crippen LogP contribution in [0.2, 0.25) is 0 Å². The minimum atomic E-state index is 0. The second-order valence-corrected chi connectivity index (χ2v) is 5.04. The first-order chi connectivity index (χ1) is 11.3. The topological polar surface area (TPSA) is 85.6 Å². The molecule has 0 saturated heterocycles. The molecule has 0 spiro atoms. The quantitative estimate of drug-likeness (QED) is 0.412. The minimum Gasteiger partial charge on any atom is -0.454 e. The van der Waals surface area contributed by atoms with Gasteiger partial charge in [0.2, 0.25) is 6.79 Å². The molecule has 9 heteroatoms. The van der Waals surface area contributed by atoms with Gasteiger partial charge in [-0.25, -0.2) is 9.98 Å². The van der Waals surface area contributed by atoms with Crippen LogP contribution in [0.4, 0.5) is 0 Å². The molecule has 130 valence electrons. The summed E-state index contributed by atoms with van der Waals surface area (Å²) in [6.07, 6.45) is 1.54. The van der Waals surface area contributed by atoms with Crippen LogP contribution in [0.15, 0.2) is 29.5 Å². The molecule has 2 aromatic rings. The molecular formula is C15H21IN6O2. The van der Waals surface area contributed by atoms with Gasteiger partial charge in [0.1, 0.15) is 12.2 Å². The van der Waals surface area contributed by atoms with Gasteiger partial charge in [-0.15, -0.1) is 24.0 Å². The van der Waals surface area contributed by atoms with Crippen LogP contribution in [0.1, 0.15) is 18.3 Å². The summed E-state index contributed by atoms with van der Waals surface area (Å²) in [5.41, 5.74) is 1.06. The smallest absolute Gasteiger partial charge is 0.231 e. The van der Waals surface area contributed by atoms with Gasteiger partial charge in [-0.2, -0.15) is 5.10 Å². The molecule has 2 N–H and O–H groups in total. The van der Waals surface area contributed by atoms with Crippen molar-refractivity contribution in [3.63, 3.8) is 0 Å². The molecule has 0 bridgehead atoms. The third kappa shape index (κ3) is 4.49. The largest absolute Gasteiger partial charge is 0.454 e. The molecule has 24 heavy (non-hydrogen) atoms. The number of nitrogens with zero attached hydrogens (tertiary/aromatic N) is 4. The molecular weight excluding hydrogens is 423 g/mol. The molecule has 1 aliphatic rings. The normalized spacial score (nSPS) is 12.7. The van der Waals surface area contributed by atoms with E-state index in [4.69, 9.17) is 9.47 Å². The van der Waals surface area contributed by atoms with E-state index in [1.54, 1.807) is 4.68 Å². The second-order valence-electron chi connectivity index (χ2n) is 5.04. The molecule has 0 fully saturated rings. The van der Waals surface area contributed by atoms with Crippen LogP contribution < -0.4 is 20.1 Å². The number of aliphatic imine (C=N–C) groups is 1. The van der Waals surface area contributed by atoms with Gasteiger partial charge in [-0.1, -0.05) is 6.07 Å². The number of nitrogens with one attached hydrogen (secondary N) is 2. The summed E-state index contributed by atoms with van der Waals surface area (Å²) in [4.78, 5) is 8.76. The average Bonchev–Trinajstić information content (AvgIpc) is 3.18. The standard InChI is InChI=1S/C15H20N6O2.HI/c1-3-16-15(18-8-14-19-9-20-21(14)2)17-7-11-4-5-12-13(6-11)23-10-22-12;/h4-6,9H,3,7-8,10H2,1-2H3,(H2,16,17,18);1H. The van der Waals surface area contributed by atoms with E-state index in [1.165, 1.54) is 6.33 Å². The highest BCUT2D eigenvalue weighted by Gasteiger charge is 2.13. The summed E-state index contributed by atoms with van der Waals surface area (Å²) >= 11 is 0. The molecule has 8 nitrogen and oxygen atoms in total. The maximum Gasteiger partial charge on any atom is 0.231 e. The van der Waals surface area contributed by atoms with Crippen LogP contribution in [-0.4, -0.2) is 34.1 Å². The second kappa shape index (κ2) is 8.71. The zero-order valence-corrected chi connectivity index (χ0v) is 16.0. The van der Waals surface area contributed by atoms with Crippen LogP contribution in [0.5, 0.6) is 11.5 Å². The van der Waals surface area contributed by atoms with Crippen molar-refractivity contribution in [3.05, 3.63) is 35.9 Å². The van der Waals surface area contributed by atoms with Gasteiger partial charge >= 0.3 is 0 Å². The first-order valence-corrected chi connectivity index (χ1v) is 7.50. The third-order valence-electron chi connectivity index (χ3n) is 3.42. The zero-order valence-electron chi connectivity index (χ0n) is 13.7. The zero-order chi connectivity index (χ0) is 16.1. The first-order valence-electron chi connectivity index (χ1n) is 7.50. The van der Waals surface area contributed by atoms with Crippen LogP contribution in [0.3, 0.4) is 0 Å². The number of guanidine groups is 1. The lowest BCUT2D eigenvalue weighted by Gasteiger charge is -2.11. The molecule has 0 aliphatic carbocycles. The Labute approximate surface area is 157 Å². The fourth-order valence-electron chi connectivity index (χ4n) is 2.19. The number of aryl methyl sites for hydroxylation is 1. The predicted molar refractivity (Wildman–Crippen MR) is 101 cm³/mol. The molecule has 1 aromatic carbocycles. The number of hydrogen-bond acceptors (Lipinski definition) is 5. The van der Waals surface area contributed by atoms with Crippen molar-refractivity contribution < 1.29 is 9.47 Å². The SMILES string of the molecule is CCNC(=NCc1ccc2c(c1)OCO2)NCc1ncnn1C.I. The summed E-state index contributed by atoms with van der Waals surface area (Å²) in [5, 5.41) is 10.5. The van der Waals surface area contributed by atoms with Crippen molar-refractivity contribution in [2.24, 2.45) is 12.0 Å². The molecule has 3 rings (SSSR count). The van der Waals surface area contributed by atoms with E-state index in [-0.39, 0.29) is 30.8 Å². The van der Waals surface area contributed by atoms with E-state index < -0.39 is 0 Å². The van der Waals surface area contributed by atoms with Crippen molar-refractivity contribution in [2.75, 3.05) is 13.3 Å². The van der Waals surface area contributed by atoms with E-state index in [2.05, 4.69) is 25.7 Å². The van der Waals surface area contributed by atoms with Gasteiger partial charge in [0.15, 0.2) is 17.5 Å². The maximum absolute atomic E-state index is 5.38. The maximum atomic E-state index is 5.38. The fraction of sp³-hybridized carbons (Fsp3) is 0.400. The Morgan fingerprint density at radius 2 is 2.12 bits per heavy atom. The van der Waals surface area contributed by atoms with E-state index in [0.29, 0.717) is 13.1 Å². The van der Waals surface area contributed by atoms with Crippen LogP contribution in [0, 0.1) is 0 Å². The van der Waals surface area contributed by atoms with Gasteiger partial charge in [-0.05, 0) is 24.6 Å². The summed E-state index contributed by atoms with van der Waals surface area (Å²) in [6, 6.07) is 5.86. The predicted octanol–water partition coefficient (Wildman–Crippen LogP) is 1.42. The lowest BCUT2D eigenvalue weighted by Crippen LogP contribution is -2.37. The van der Waals surface area contributed by atoms with Crippen molar-refractivity contribution in [1.29, 1.82) is 0 Å². The lowest BCUT2D eigenvalue weighted by atomic mass is 10.2. The van der Waals surface area contributed by atoms with Crippen molar-refractivity contribution in [1.82, 2.24) is 25.4 Å². The third-order valence-corrected chi connectivity index (χ3v) is 3.42. The molecule has 1 aromatic heterocycles. The molecule has 0 radical (unpaired) electrons. The Hall–Kier alpha value is -2.04. The highest BCUT2D eigenvalue weighted by atomic mass is 127. The molecule has 2 heterocycles. The number of fused-ring (bicyclic) bond motifs is 1. The molecule has 0 saturated carbocycles. The monoisotopic (exact) mass is 444 g/mol. The lowest BCUT2D eigenvalue weighted by molar-refractivity contribution is 0.174. The van der Waals surface area contributed by atoms with Gasteiger partial charge in [0.25, 0.3) is 0 Å². The van der Waals surface area contributed by atoms with E-state index in [1.807, 2.05) is 32.2 Å². The molecule has 0 unspecified atom stereocenters. The van der Waals surface area contributed by atoms with Crippen molar-refractivity contribution >= 4 is 29.9 Å². The summed E-state index contributed by atoms with van der Waals surface area (Å²) in [6.45, 7) is 4.20. The van der Waals surface area contributed by atoms with Crippen LogP contribution >= 0.6 is 24.0 Å². The highest BCUT2D eigenvalue weighted by Crippen LogP contribution is 2.32. The van der Waals surface area contributed by atoms with Crippen LogP contribution in [0.25, 0.3) is 0 Å².